The molecule has 1 saturated heterocycles. The van der Waals surface area contributed by atoms with E-state index in [0.717, 1.165) is 23.4 Å². The molecule has 1 fully saturated rings. The van der Waals surface area contributed by atoms with Crippen molar-refractivity contribution in [1.29, 1.82) is 0 Å². The summed E-state index contributed by atoms with van der Waals surface area (Å²) in [5.41, 5.74) is 1.82. The van der Waals surface area contributed by atoms with Crippen molar-refractivity contribution in [1.82, 2.24) is 10.2 Å². The van der Waals surface area contributed by atoms with Crippen molar-refractivity contribution in [3.63, 3.8) is 0 Å². The van der Waals surface area contributed by atoms with Gasteiger partial charge in [0.25, 0.3) is 0 Å². The van der Waals surface area contributed by atoms with Gasteiger partial charge in [-0.05, 0) is 39.2 Å². The van der Waals surface area contributed by atoms with E-state index < -0.39 is 5.60 Å². The van der Waals surface area contributed by atoms with Crippen LogP contribution in [0.4, 0.5) is 4.79 Å². The summed E-state index contributed by atoms with van der Waals surface area (Å²) in [6, 6.07) is 8.28. The number of benzene rings is 1. The number of fused-ring (bicyclic) bond motifs is 2. The lowest BCUT2D eigenvalue weighted by Gasteiger charge is -2.40. The average Bonchev–Trinajstić information content (AvgIpc) is 2.71. The lowest BCUT2D eigenvalue weighted by Crippen LogP contribution is -2.51. The maximum absolute atomic E-state index is 12.2. The fraction of sp³-hybridized carbons (Fsp3) is 0.529. The molecule has 1 aromatic carbocycles. The topological polar surface area (TPSA) is 41.6 Å². The Kier molecular flexibility index (Phi) is 3.63. The van der Waals surface area contributed by atoms with Gasteiger partial charge in [-0.2, -0.15) is 0 Å². The fourth-order valence-corrected chi connectivity index (χ4v) is 3.62. The number of hydrogen-bond acceptors (Lipinski definition) is 3. The number of ether oxygens (including phenoxy) is 1. The Bertz CT molecular complexity index is 613. The Hall–Kier alpha value is -1.62. The minimum atomic E-state index is -0.452. The summed E-state index contributed by atoms with van der Waals surface area (Å²) in [6.45, 7) is 7.04. The summed E-state index contributed by atoms with van der Waals surface area (Å²) in [7, 11) is 0. The Labute approximate surface area is 136 Å². The van der Waals surface area contributed by atoms with Gasteiger partial charge in [0, 0.05) is 18.7 Å². The van der Waals surface area contributed by atoms with Crippen LogP contribution in [0.3, 0.4) is 0 Å². The fourth-order valence-electron chi connectivity index (χ4n) is 3.24. The number of nitrogens with one attached hydrogen (secondary N) is 1. The lowest BCUT2D eigenvalue weighted by atomic mass is 9.82. The first-order valence-electron chi connectivity index (χ1n) is 7.71. The molecule has 1 spiro atoms. The smallest absolute Gasteiger partial charge is 0.410 e. The van der Waals surface area contributed by atoms with Crippen LogP contribution in [0.5, 0.6) is 0 Å². The van der Waals surface area contributed by atoms with E-state index in [9.17, 15) is 4.79 Å². The minimum Gasteiger partial charge on any atom is -0.444 e. The molecule has 1 N–H and O–H groups in total. The molecule has 2 aliphatic heterocycles. The highest BCUT2D eigenvalue weighted by molar-refractivity contribution is 7.80. The molecule has 0 atom stereocenters. The largest absolute Gasteiger partial charge is 0.444 e. The molecule has 4 nitrogen and oxygen atoms in total. The van der Waals surface area contributed by atoms with Crippen molar-refractivity contribution in [3.8, 4) is 0 Å². The highest BCUT2D eigenvalue weighted by Crippen LogP contribution is 2.39. The summed E-state index contributed by atoms with van der Waals surface area (Å²) >= 11 is 5.46. The SMILES string of the molecule is CC(C)(C)OC(=O)N1CCC2(CC1)NC(=S)c1ccccc12. The highest BCUT2D eigenvalue weighted by atomic mass is 32.1. The van der Waals surface area contributed by atoms with Crippen LogP contribution in [0.2, 0.25) is 0 Å². The van der Waals surface area contributed by atoms with E-state index in [0.29, 0.717) is 13.1 Å². The van der Waals surface area contributed by atoms with E-state index in [1.54, 1.807) is 4.90 Å². The first-order chi connectivity index (χ1) is 10.3. The van der Waals surface area contributed by atoms with E-state index in [-0.39, 0.29) is 11.6 Å². The average molecular weight is 318 g/mol. The van der Waals surface area contributed by atoms with Crippen molar-refractivity contribution < 1.29 is 9.53 Å². The Morgan fingerprint density at radius 1 is 1.27 bits per heavy atom. The maximum Gasteiger partial charge on any atom is 0.410 e. The van der Waals surface area contributed by atoms with Crippen LogP contribution in [0, 0.1) is 0 Å². The van der Waals surface area contributed by atoms with E-state index >= 15 is 0 Å². The Morgan fingerprint density at radius 3 is 2.55 bits per heavy atom. The van der Waals surface area contributed by atoms with Crippen LogP contribution in [0.25, 0.3) is 0 Å². The molecule has 0 saturated carbocycles. The zero-order chi connectivity index (χ0) is 16.0. The van der Waals surface area contributed by atoms with Gasteiger partial charge in [0.05, 0.1) is 5.54 Å². The molecule has 1 amide bonds. The van der Waals surface area contributed by atoms with E-state index in [4.69, 9.17) is 17.0 Å². The van der Waals surface area contributed by atoms with Gasteiger partial charge in [-0.1, -0.05) is 36.5 Å². The van der Waals surface area contributed by atoms with Crippen LogP contribution >= 0.6 is 12.2 Å². The molecule has 0 unspecified atom stereocenters. The highest BCUT2D eigenvalue weighted by Gasteiger charge is 2.44. The molecule has 2 heterocycles. The second kappa shape index (κ2) is 5.23. The molecule has 3 rings (SSSR count). The number of carbonyl (C=O) groups is 1. The Balaban J connectivity index is 1.73. The Morgan fingerprint density at radius 2 is 1.91 bits per heavy atom. The molecule has 0 aliphatic carbocycles. The van der Waals surface area contributed by atoms with Gasteiger partial charge in [0.15, 0.2) is 0 Å². The predicted molar refractivity (Wildman–Crippen MR) is 90.0 cm³/mol. The third-order valence-electron chi connectivity index (χ3n) is 4.31. The van der Waals surface area contributed by atoms with Crippen LogP contribution in [0.15, 0.2) is 24.3 Å². The predicted octanol–water partition coefficient (Wildman–Crippen LogP) is 3.19. The van der Waals surface area contributed by atoms with Gasteiger partial charge in [-0.3, -0.25) is 0 Å². The normalized spacial score (nSPS) is 19.8. The van der Waals surface area contributed by atoms with Crippen molar-refractivity contribution in [2.75, 3.05) is 13.1 Å². The monoisotopic (exact) mass is 318 g/mol. The first-order valence-corrected chi connectivity index (χ1v) is 8.12. The number of rotatable bonds is 0. The standard InChI is InChI=1S/C17H22N2O2S/c1-16(2,3)21-15(20)19-10-8-17(9-11-19)13-7-5-4-6-12(13)14(22)18-17/h4-7H,8-11H2,1-3H3,(H,18,22). The van der Waals surface area contributed by atoms with Crippen LogP contribution in [-0.4, -0.2) is 34.7 Å². The van der Waals surface area contributed by atoms with Crippen LogP contribution < -0.4 is 5.32 Å². The van der Waals surface area contributed by atoms with Gasteiger partial charge in [0.1, 0.15) is 10.6 Å². The summed E-state index contributed by atoms with van der Waals surface area (Å²) in [5, 5.41) is 3.50. The summed E-state index contributed by atoms with van der Waals surface area (Å²) in [5.74, 6) is 0. The quantitative estimate of drug-likeness (QED) is 0.746. The summed E-state index contributed by atoms with van der Waals surface area (Å²) < 4.78 is 5.46. The number of likely N-dealkylation sites (tertiary alicyclic amines) is 1. The molecule has 1 aromatic rings. The van der Waals surface area contributed by atoms with Gasteiger partial charge in [0.2, 0.25) is 0 Å². The van der Waals surface area contributed by atoms with E-state index in [2.05, 4.69) is 23.5 Å². The summed E-state index contributed by atoms with van der Waals surface area (Å²) in [4.78, 5) is 14.8. The molecule has 0 bridgehead atoms. The van der Waals surface area contributed by atoms with Crippen LogP contribution in [0.1, 0.15) is 44.7 Å². The molecular formula is C17H22N2O2S. The molecule has 118 valence electrons. The third kappa shape index (κ3) is 2.70. The maximum atomic E-state index is 12.2. The number of thiocarbonyl (C=S) groups is 1. The van der Waals surface area contributed by atoms with E-state index in [1.807, 2.05) is 26.8 Å². The van der Waals surface area contributed by atoms with Crippen molar-refractivity contribution in [2.45, 2.75) is 44.8 Å². The zero-order valence-corrected chi connectivity index (χ0v) is 14.1. The second-order valence-corrected chi connectivity index (χ2v) is 7.46. The van der Waals surface area contributed by atoms with Crippen LogP contribution in [-0.2, 0) is 10.3 Å². The molecule has 5 heteroatoms. The number of piperidine rings is 1. The molecule has 22 heavy (non-hydrogen) atoms. The number of carbonyl (C=O) groups excluding carboxylic acids is 1. The van der Waals surface area contributed by atoms with Crippen molar-refractivity contribution >= 4 is 23.3 Å². The summed E-state index contributed by atoms with van der Waals surface area (Å²) in [6.07, 6.45) is 1.48. The molecule has 0 radical (unpaired) electrons. The van der Waals surface area contributed by atoms with Gasteiger partial charge in [-0.15, -0.1) is 0 Å². The minimum absolute atomic E-state index is 0.119. The number of amides is 1. The third-order valence-corrected chi connectivity index (χ3v) is 4.63. The van der Waals surface area contributed by atoms with Gasteiger partial charge >= 0.3 is 6.09 Å². The number of nitrogens with zero attached hydrogens (tertiary/aromatic N) is 1. The molecule has 2 aliphatic rings. The van der Waals surface area contributed by atoms with Gasteiger partial charge < -0.3 is 15.0 Å². The molecule has 0 aromatic heterocycles. The van der Waals surface area contributed by atoms with Crippen molar-refractivity contribution in [2.24, 2.45) is 0 Å². The first kappa shape index (κ1) is 15.3. The molecular weight excluding hydrogens is 296 g/mol. The zero-order valence-electron chi connectivity index (χ0n) is 13.3. The lowest BCUT2D eigenvalue weighted by molar-refractivity contribution is 0.0158. The van der Waals surface area contributed by atoms with Gasteiger partial charge in [-0.25, -0.2) is 4.79 Å². The number of hydrogen-bond donors (Lipinski definition) is 1. The second-order valence-electron chi connectivity index (χ2n) is 7.05. The van der Waals surface area contributed by atoms with E-state index in [1.165, 1.54) is 5.56 Å². The van der Waals surface area contributed by atoms with Crippen molar-refractivity contribution in [3.05, 3.63) is 35.4 Å².